The highest BCUT2D eigenvalue weighted by molar-refractivity contribution is 5.10. The van der Waals surface area contributed by atoms with Gasteiger partial charge in [0.05, 0.1) is 0 Å². The molecule has 2 atom stereocenters. The fraction of sp³-hybridized carbons (Fsp3) is 0.800. The number of nitrogens with zero attached hydrogens (tertiary/aromatic N) is 1. The van der Waals surface area contributed by atoms with Crippen LogP contribution in [0, 0.1) is 5.92 Å². The molecule has 1 nitrogen and oxygen atoms in total. The van der Waals surface area contributed by atoms with Crippen molar-refractivity contribution in [1.29, 1.82) is 0 Å². The lowest BCUT2D eigenvalue weighted by molar-refractivity contribution is 0.188. The van der Waals surface area contributed by atoms with Crippen LogP contribution in [0.3, 0.4) is 0 Å². The quantitative estimate of drug-likeness (QED) is 0.409. The van der Waals surface area contributed by atoms with Gasteiger partial charge < -0.3 is 0 Å². The molecule has 0 heterocycles. The number of rotatable bonds is 11. The van der Waals surface area contributed by atoms with E-state index < -0.39 is 0 Å². The fourth-order valence-corrected chi connectivity index (χ4v) is 2.79. The van der Waals surface area contributed by atoms with Crippen molar-refractivity contribution in [3.63, 3.8) is 0 Å². The molecule has 1 heteroatoms. The molecule has 124 valence electrons. The topological polar surface area (TPSA) is 3.24 Å². The van der Waals surface area contributed by atoms with Crippen LogP contribution in [-0.2, 0) is 0 Å². The lowest BCUT2D eigenvalue weighted by Crippen LogP contribution is -2.37. The lowest BCUT2D eigenvalue weighted by Gasteiger charge is -2.31. The second-order valence-corrected chi connectivity index (χ2v) is 6.79. The molecule has 0 aromatic heterocycles. The first kappa shape index (κ1) is 20.4. The van der Waals surface area contributed by atoms with Crippen molar-refractivity contribution in [2.24, 2.45) is 5.92 Å². The number of hydrogen-bond donors (Lipinski definition) is 0. The third kappa shape index (κ3) is 9.90. The molecule has 0 saturated carbocycles. The van der Waals surface area contributed by atoms with Crippen LogP contribution in [0.25, 0.3) is 0 Å². The summed E-state index contributed by atoms with van der Waals surface area (Å²) in [6, 6.07) is 0.680. The van der Waals surface area contributed by atoms with Crippen LogP contribution >= 0.6 is 0 Å². The normalized spacial score (nSPS) is 16.4. The summed E-state index contributed by atoms with van der Waals surface area (Å²) in [5.41, 5.74) is 3.01. The first-order valence-corrected chi connectivity index (χ1v) is 8.99. The monoisotopic (exact) mass is 293 g/mol. The number of allylic oxidation sites excluding steroid dienone is 3. The van der Waals surface area contributed by atoms with Crippen molar-refractivity contribution in [3.05, 3.63) is 23.3 Å². The first-order chi connectivity index (χ1) is 9.94. The average Bonchev–Trinajstić information content (AvgIpc) is 2.44. The highest BCUT2D eigenvalue weighted by Crippen LogP contribution is 2.15. The van der Waals surface area contributed by atoms with Gasteiger partial charge in [-0.25, -0.2) is 0 Å². The molecule has 0 aliphatic rings. The molecular formula is C20H39N. The Labute approximate surface area is 134 Å². The van der Waals surface area contributed by atoms with Crippen LogP contribution in [0.1, 0.15) is 80.6 Å². The largest absolute Gasteiger partial charge is 0.297 e. The molecule has 2 unspecified atom stereocenters. The summed E-state index contributed by atoms with van der Waals surface area (Å²) in [5, 5.41) is 0. The highest BCUT2D eigenvalue weighted by Gasteiger charge is 2.15. The van der Waals surface area contributed by atoms with Crippen molar-refractivity contribution >= 4 is 0 Å². The molecule has 0 fully saturated rings. The first-order valence-electron chi connectivity index (χ1n) is 8.99. The molecular weight excluding hydrogens is 254 g/mol. The molecule has 0 N–H and O–H groups in total. The van der Waals surface area contributed by atoms with E-state index in [2.05, 4.69) is 65.5 Å². The summed E-state index contributed by atoms with van der Waals surface area (Å²) in [6.07, 6.45) is 10.9. The second-order valence-electron chi connectivity index (χ2n) is 6.79. The van der Waals surface area contributed by atoms with Crippen LogP contribution in [0.5, 0.6) is 0 Å². The summed E-state index contributed by atoms with van der Waals surface area (Å²) >= 11 is 0. The van der Waals surface area contributed by atoms with E-state index in [1.165, 1.54) is 37.0 Å². The van der Waals surface area contributed by atoms with Crippen LogP contribution < -0.4 is 0 Å². The van der Waals surface area contributed by atoms with Gasteiger partial charge >= 0.3 is 0 Å². The Balaban J connectivity index is 4.57. The molecule has 0 radical (unpaired) electrons. The standard InChI is InChI=1S/C20H39N/c1-8-11-17(4)13-14-19(6)16-21(20(7)10-3)15-18(5)12-9-2/h11,14,18,20H,8-10,12-13,15-16H2,1-7H3. The van der Waals surface area contributed by atoms with Gasteiger partial charge in [0.15, 0.2) is 0 Å². The van der Waals surface area contributed by atoms with E-state index in [4.69, 9.17) is 0 Å². The summed E-state index contributed by atoms with van der Waals surface area (Å²) < 4.78 is 0. The molecule has 21 heavy (non-hydrogen) atoms. The maximum Gasteiger partial charge on any atom is 0.0193 e. The Morgan fingerprint density at radius 2 is 1.67 bits per heavy atom. The zero-order chi connectivity index (χ0) is 16.3. The molecule has 0 aromatic rings. The zero-order valence-electron chi connectivity index (χ0n) is 15.7. The van der Waals surface area contributed by atoms with Crippen LogP contribution in [0.2, 0.25) is 0 Å². The number of hydrogen-bond acceptors (Lipinski definition) is 1. The van der Waals surface area contributed by atoms with Gasteiger partial charge in [-0.1, -0.05) is 57.4 Å². The van der Waals surface area contributed by atoms with Gasteiger partial charge in [-0.05, 0) is 52.4 Å². The lowest BCUT2D eigenvalue weighted by atomic mass is 10.0. The van der Waals surface area contributed by atoms with E-state index in [0.717, 1.165) is 25.3 Å². The minimum absolute atomic E-state index is 0.680. The maximum absolute atomic E-state index is 2.67. The van der Waals surface area contributed by atoms with Gasteiger partial charge in [-0.2, -0.15) is 0 Å². The van der Waals surface area contributed by atoms with Crippen molar-refractivity contribution in [2.45, 2.75) is 86.6 Å². The predicted octanol–water partition coefficient (Wildman–Crippen LogP) is 6.22. The molecule has 0 saturated heterocycles. The van der Waals surface area contributed by atoms with Crippen molar-refractivity contribution < 1.29 is 0 Å². The molecule has 0 bridgehead atoms. The Morgan fingerprint density at radius 1 is 1.00 bits per heavy atom. The van der Waals surface area contributed by atoms with E-state index in [0.29, 0.717) is 6.04 Å². The fourth-order valence-electron chi connectivity index (χ4n) is 2.79. The highest BCUT2D eigenvalue weighted by atomic mass is 15.1. The van der Waals surface area contributed by atoms with Gasteiger partial charge in [0.25, 0.3) is 0 Å². The molecule has 0 spiro atoms. The Bertz CT molecular complexity index is 314. The third-order valence-electron chi connectivity index (χ3n) is 4.32. The van der Waals surface area contributed by atoms with E-state index in [1.54, 1.807) is 0 Å². The third-order valence-corrected chi connectivity index (χ3v) is 4.32. The van der Waals surface area contributed by atoms with Gasteiger partial charge in [0.1, 0.15) is 0 Å². The molecule has 0 aliphatic heterocycles. The van der Waals surface area contributed by atoms with Crippen LogP contribution in [-0.4, -0.2) is 24.0 Å². The second kappa shape index (κ2) is 12.0. The Morgan fingerprint density at radius 3 is 2.19 bits per heavy atom. The minimum atomic E-state index is 0.680. The molecule has 0 rings (SSSR count). The molecule has 0 aromatic carbocycles. The van der Waals surface area contributed by atoms with Gasteiger partial charge in [0, 0.05) is 19.1 Å². The van der Waals surface area contributed by atoms with Crippen LogP contribution in [0.15, 0.2) is 23.3 Å². The average molecular weight is 294 g/mol. The van der Waals surface area contributed by atoms with E-state index in [-0.39, 0.29) is 0 Å². The van der Waals surface area contributed by atoms with Crippen molar-refractivity contribution in [3.8, 4) is 0 Å². The molecule has 0 aliphatic carbocycles. The van der Waals surface area contributed by atoms with Gasteiger partial charge in [-0.3, -0.25) is 4.90 Å². The predicted molar refractivity (Wildman–Crippen MR) is 97.8 cm³/mol. The smallest absolute Gasteiger partial charge is 0.0193 e. The van der Waals surface area contributed by atoms with E-state index >= 15 is 0 Å². The van der Waals surface area contributed by atoms with E-state index in [9.17, 15) is 0 Å². The van der Waals surface area contributed by atoms with Gasteiger partial charge in [0.2, 0.25) is 0 Å². The molecule has 0 amide bonds. The minimum Gasteiger partial charge on any atom is -0.297 e. The SMILES string of the molecule is CCC=C(C)CC=C(C)CN(CC(C)CCC)C(C)CC. The van der Waals surface area contributed by atoms with Crippen molar-refractivity contribution in [2.75, 3.05) is 13.1 Å². The summed E-state index contributed by atoms with van der Waals surface area (Å²) in [7, 11) is 0. The van der Waals surface area contributed by atoms with E-state index in [1.807, 2.05) is 0 Å². The Kier molecular flexibility index (Phi) is 11.7. The summed E-state index contributed by atoms with van der Waals surface area (Å²) in [6.45, 7) is 18.5. The summed E-state index contributed by atoms with van der Waals surface area (Å²) in [4.78, 5) is 2.67. The van der Waals surface area contributed by atoms with Crippen molar-refractivity contribution in [1.82, 2.24) is 4.90 Å². The van der Waals surface area contributed by atoms with Crippen LogP contribution in [0.4, 0.5) is 0 Å². The summed E-state index contributed by atoms with van der Waals surface area (Å²) in [5.74, 6) is 0.804. The van der Waals surface area contributed by atoms with Gasteiger partial charge in [-0.15, -0.1) is 0 Å². The Hall–Kier alpha value is -0.560. The zero-order valence-corrected chi connectivity index (χ0v) is 15.7. The maximum atomic E-state index is 2.67.